The molecule has 6 heteroatoms. The predicted molar refractivity (Wildman–Crippen MR) is 70.6 cm³/mol. The maximum Gasteiger partial charge on any atom is 0.283 e. The van der Waals surface area contributed by atoms with Gasteiger partial charge in [0.05, 0.1) is 4.90 Å². The lowest BCUT2D eigenvalue weighted by Crippen LogP contribution is -2.17. The van der Waals surface area contributed by atoms with Crippen LogP contribution in [0.4, 0.5) is 0 Å². The van der Waals surface area contributed by atoms with Crippen molar-refractivity contribution in [1.82, 2.24) is 4.90 Å². The van der Waals surface area contributed by atoms with Crippen molar-refractivity contribution in [3.63, 3.8) is 0 Å². The Balaban J connectivity index is 2.15. The Kier molecular flexibility index (Phi) is 3.83. The van der Waals surface area contributed by atoms with Crippen molar-refractivity contribution in [3.8, 4) is 0 Å². The van der Waals surface area contributed by atoms with Gasteiger partial charge in [0.15, 0.2) is 0 Å². The van der Waals surface area contributed by atoms with E-state index in [1.54, 1.807) is 24.3 Å². The summed E-state index contributed by atoms with van der Waals surface area (Å²) in [5.41, 5.74) is 0. The van der Waals surface area contributed by atoms with Gasteiger partial charge in [-0.25, -0.2) is 0 Å². The quantitative estimate of drug-likeness (QED) is 0.635. The molecule has 92 valence electrons. The van der Waals surface area contributed by atoms with E-state index in [2.05, 4.69) is 20.3 Å². The number of sulfonamides is 1. The minimum Gasteiger partial charge on any atom is -0.362 e. The normalized spacial score (nSPS) is 16.9. The lowest BCUT2D eigenvalue weighted by atomic mass is 10.4. The van der Waals surface area contributed by atoms with Gasteiger partial charge in [-0.05, 0) is 37.1 Å². The van der Waals surface area contributed by atoms with Crippen LogP contribution in [0.25, 0.3) is 0 Å². The summed E-state index contributed by atoms with van der Waals surface area (Å²) in [7, 11) is -3.56. The number of hydrogen-bond acceptors (Lipinski definition) is 2. The first-order valence-corrected chi connectivity index (χ1v) is 7.61. The van der Waals surface area contributed by atoms with E-state index in [1.807, 2.05) is 4.90 Å². The van der Waals surface area contributed by atoms with Gasteiger partial charge < -0.3 is 4.90 Å². The fraction of sp³-hybridized carbons (Fsp3) is 0.364. The number of rotatable bonds is 3. The molecule has 0 spiro atoms. The summed E-state index contributed by atoms with van der Waals surface area (Å²) >= 11 is 3.26. The minimum atomic E-state index is -3.56. The topological polar surface area (TPSA) is 49.7 Å². The number of nitrogens with zero attached hydrogens (tertiary/aromatic N) is 2. The second-order valence-corrected chi connectivity index (χ2v) is 6.44. The highest BCUT2D eigenvalue weighted by molar-refractivity contribution is 9.10. The van der Waals surface area contributed by atoms with Gasteiger partial charge in [-0.2, -0.15) is 8.42 Å². The maximum absolute atomic E-state index is 11.9. The molecule has 0 N–H and O–H groups in total. The molecule has 0 radical (unpaired) electrons. The average molecular weight is 317 g/mol. The molecule has 1 aliphatic heterocycles. The average Bonchev–Trinajstić information content (AvgIpc) is 2.80. The van der Waals surface area contributed by atoms with Crippen molar-refractivity contribution in [2.24, 2.45) is 4.40 Å². The van der Waals surface area contributed by atoms with Gasteiger partial charge >= 0.3 is 0 Å². The van der Waals surface area contributed by atoms with Crippen LogP contribution < -0.4 is 0 Å². The third-order valence-corrected chi connectivity index (χ3v) is 4.37. The van der Waals surface area contributed by atoms with E-state index in [1.165, 1.54) is 6.34 Å². The number of hydrogen-bond donors (Lipinski definition) is 0. The third kappa shape index (κ3) is 3.29. The van der Waals surface area contributed by atoms with Crippen molar-refractivity contribution < 1.29 is 8.42 Å². The summed E-state index contributed by atoms with van der Waals surface area (Å²) < 4.78 is 28.3. The van der Waals surface area contributed by atoms with Crippen molar-refractivity contribution in [2.75, 3.05) is 13.1 Å². The zero-order chi connectivity index (χ0) is 12.3. The van der Waals surface area contributed by atoms with E-state index >= 15 is 0 Å². The van der Waals surface area contributed by atoms with Crippen LogP contribution in [-0.2, 0) is 10.0 Å². The summed E-state index contributed by atoms with van der Waals surface area (Å²) in [5, 5.41) is 0. The Labute approximate surface area is 110 Å². The Morgan fingerprint density at radius 2 is 1.76 bits per heavy atom. The molecule has 1 aliphatic rings. The third-order valence-electron chi connectivity index (χ3n) is 2.60. The SMILES string of the molecule is O=S(=O)(N=CN1CCCC1)c1ccc(Br)cc1. The minimum absolute atomic E-state index is 0.219. The Morgan fingerprint density at radius 1 is 1.18 bits per heavy atom. The Bertz CT molecular complexity index is 505. The van der Waals surface area contributed by atoms with Crippen LogP contribution >= 0.6 is 15.9 Å². The molecular weight excluding hydrogens is 304 g/mol. The largest absolute Gasteiger partial charge is 0.362 e. The molecule has 4 nitrogen and oxygen atoms in total. The van der Waals surface area contributed by atoms with E-state index in [0.29, 0.717) is 0 Å². The lowest BCUT2D eigenvalue weighted by Gasteiger charge is -2.08. The second kappa shape index (κ2) is 5.18. The van der Waals surface area contributed by atoms with Crippen molar-refractivity contribution >= 4 is 32.3 Å². The van der Waals surface area contributed by atoms with E-state index in [0.717, 1.165) is 30.4 Å². The van der Waals surface area contributed by atoms with Gasteiger partial charge in [-0.15, -0.1) is 4.40 Å². The highest BCUT2D eigenvalue weighted by atomic mass is 79.9. The number of likely N-dealkylation sites (tertiary alicyclic amines) is 1. The van der Waals surface area contributed by atoms with Gasteiger partial charge in [0.25, 0.3) is 10.0 Å². The molecular formula is C11H13BrN2O2S. The van der Waals surface area contributed by atoms with Crippen LogP contribution in [0.1, 0.15) is 12.8 Å². The van der Waals surface area contributed by atoms with E-state index in [4.69, 9.17) is 0 Å². The monoisotopic (exact) mass is 316 g/mol. The summed E-state index contributed by atoms with van der Waals surface area (Å²) in [5.74, 6) is 0. The molecule has 0 bridgehead atoms. The molecule has 0 atom stereocenters. The molecule has 1 heterocycles. The van der Waals surface area contributed by atoms with Crippen LogP contribution in [0, 0.1) is 0 Å². The van der Waals surface area contributed by atoms with Gasteiger partial charge in [0.2, 0.25) is 0 Å². The number of benzene rings is 1. The lowest BCUT2D eigenvalue weighted by molar-refractivity contribution is 0.535. The molecule has 0 aromatic heterocycles. The number of halogens is 1. The van der Waals surface area contributed by atoms with Crippen LogP contribution in [0.3, 0.4) is 0 Å². The Hall–Kier alpha value is -0.880. The first kappa shape index (κ1) is 12.6. The van der Waals surface area contributed by atoms with Crippen molar-refractivity contribution in [1.29, 1.82) is 0 Å². The summed E-state index contributed by atoms with van der Waals surface area (Å²) in [6, 6.07) is 6.47. The molecule has 2 rings (SSSR count). The van der Waals surface area contributed by atoms with E-state index < -0.39 is 10.0 Å². The molecule has 0 aliphatic carbocycles. The molecule has 1 aromatic rings. The molecule has 1 fully saturated rings. The van der Waals surface area contributed by atoms with Crippen LogP contribution in [0.15, 0.2) is 38.0 Å². The first-order valence-electron chi connectivity index (χ1n) is 5.38. The van der Waals surface area contributed by atoms with E-state index in [9.17, 15) is 8.42 Å². The standard InChI is InChI=1S/C11H13BrN2O2S/c12-10-3-5-11(6-4-10)17(15,16)13-9-14-7-1-2-8-14/h3-6,9H,1-2,7-8H2. The van der Waals surface area contributed by atoms with Crippen LogP contribution in [-0.4, -0.2) is 32.7 Å². The van der Waals surface area contributed by atoms with Gasteiger partial charge in [0.1, 0.15) is 6.34 Å². The summed E-state index contributed by atoms with van der Waals surface area (Å²) in [6.45, 7) is 1.78. The predicted octanol–water partition coefficient (Wildman–Crippen LogP) is 2.26. The van der Waals surface area contributed by atoms with Crippen LogP contribution in [0.2, 0.25) is 0 Å². The zero-order valence-corrected chi connectivity index (χ0v) is 11.6. The Morgan fingerprint density at radius 3 is 2.35 bits per heavy atom. The zero-order valence-electron chi connectivity index (χ0n) is 9.21. The smallest absolute Gasteiger partial charge is 0.283 e. The first-order chi connectivity index (χ1) is 8.08. The van der Waals surface area contributed by atoms with Gasteiger partial charge in [0, 0.05) is 17.6 Å². The second-order valence-electron chi connectivity index (χ2n) is 3.89. The fourth-order valence-electron chi connectivity index (χ4n) is 1.65. The fourth-order valence-corrected chi connectivity index (χ4v) is 2.78. The van der Waals surface area contributed by atoms with Gasteiger partial charge in [-0.3, -0.25) is 0 Å². The molecule has 1 saturated heterocycles. The maximum atomic E-state index is 11.9. The molecule has 17 heavy (non-hydrogen) atoms. The summed E-state index contributed by atoms with van der Waals surface area (Å²) in [6.07, 6.45) is 3.64. The van der Waals surface area contributed by atoms with Crippen molar-refractivity contribution in [2.45, 2.75) is 17.7 Å². The van der Waals surface area contributed by atoms with Gasteiger partial charge in [-0.1, -0.05) is 15.9 Å². The molecule has 0 saturated carbocycles. The van der Waals surface area contributed by atoms with Crippen LogP contribution in [0.5, 0.6) is 0 Å². The van der Waals surface area contributed by atoms with Crippen molar-refractivity contribution in [3.05, 3.63) is 28.7 Å². The van der Waals surface area contributed by atoms with E-state index in [-0.39, 0.29) is 4.90 Å². The molecule has 0 unspecified atom stereocenters. The highest BCUT2D eigenvalue weighted by Gasteiger charge is 2.13. The summed E-state index contributed by atoms with van der Waals surface area (Å²) in [4.78, 5) is 2.15. The molecule has 0 amide bonds. The molecule has 1 aromatic carbocycles. The highest BCUT2D eigenvalue weighted by Crippen LogP contribution is 2.16.